The number of thiophene rings is 1. The molecular weight excluding hydrogens is 310 g/mol. The topological polar surface area (TPSA) is 66.8 Å². The Bertz CT molecular complexity index is 709. The van der Waals surface area contributed by atoms with Crippen LogP contribution in [0.25, 0.3) is 0 Å². The van der Waals surface area contributed by atoms with E-state index in [1.165, 1.54) is 29.8 Å². The van der Waals surface area contributed by atoms with Crippen molar-refractivity contribution in [1.82, 2.24) is 0 Å². The van der Waals surface area contributed by atoms with Crippen LogP contribution in [0, 0.1) is 0 Å². The number of methoxy groups -OCH3 is 1. The summed E-state index contributed by atoms with van der Waals surface area (Å²) >= 11 is 1.18. The zero-order valence-electron chi connectivity index (χ0n) is 11.8. The molecule has 0 fully saturated rings. The summed E-state index contributed by atoms with van der Waals surface area (Å²) in [6, 6.07) is 10.2. The first-order chi connectivity index (χ1) is 9.98. The van der Waals surface area contributed by atoms with Crippen molar-refractivity contribution < 1.29 is 18.3 Å². The first-order valence-electron chi connectivity index (χ1n) is 6.31. The molecule has 5 nitrogen and oxygen atoms in total. The van der Waals surface area contributed by atoms with Crippen LogP contribution in [0.5, 0.6) is 5.75 Å². The average Bonchev–Trinajstić information content (AvgIpc) is 2.96. The maximum absolute atomic E-state index is 12.6. The van der Waals surface area contributed by atoms with Gasteiger partial charge in [0.15, 0.2) is 0 Å². The van der Waals surface area contributed by atoms with Gasteiger partial charge in [0, 0.05) is 31.0 Å². The molecule has 0 unspecified atom stereocenters. The standard InChI is InChI=1S/C14H17NO4S2/c1-15(11-4-3-5-12(10-11)19-2)21(17,18)14-7-6-13(20-14)8-9-16/h3-7,10,16H,8-9H2,1-2H3. The molecule has 0 aliphatic heterocycles. The number of hydrogen-bond donors (Lipinski definition) is 1. The van der Waals surface area contributed by atoms with Crippen molar-refractivity contribution in [2.24, 2.45) is 0 Å². The molecule has 1 aromatic carbocycles. The van der Waals surface area contributed by atoms with Crippen molar-refractivity contribution in [2.45, 2.75) is 10.6 Å². The van der Waals surface area contributed by atoms with Crippen molar-refractivity contribution >= 4 is 27.0 Å². The molecule has 2 rings (SSSR count). The zero-order valence-corrected chi connectivity index (χ0v) is 13.4. The van der Waals surface area contributed by atoms with Crippen molar-refractivity contribution in [1.29, 1.82) is 0 Å². The van der Waals surface area contributed by atoms with Crippen LogP contribution >= 0.6 is 11.3 Å². The van der Waals surface area contributed by atoms with Crippen LogP contribution < -0.4 is 9.04 Å². The lowest BCUT2D eigenvalue weighted by molar-refractivity contribution is 0.300. The van der Waals surface area contributed by atoms with Crippen LogP contribution in [0.3, 0.4) is 0 Å². The molecule has 0 bridgehead atoms. The molecule has 0 aliphatic carbocycles. The number of rotatable bonds is 6. The summed E-state index contributed by atoms with van der Waals surface area (Å²) < 4.78 is 31.8. The number of aliphatic hydroxyl groups is 1. The average molecular weight is 327 g/mol. The Morgan fingerprint density at radius 2 is 2.05 bits per heavy atom. The smallest absolute Gasteiger partial charge is 0.273 e. The third-order valence-electron chi connectivity index (χ3n) is 3.03. The molecule has 114 valence electrons. The lowest BCUT2D eigenvalue weighted by Crippen LogP contribution is -2.25. The lowest BCUT2D eigenvalue weighted by atomic mass is 10.3. The summed E-state index contributed by atoms with van der Waals surface area (Å²) in [5.41, 5.74) is 0.534. The SMILES string of the molecule is COc1cccc(N(C)S(=O)(=O)c2ccc(CCO)s2)c1. The molecule has 0 aliphatic rings. The predicted molar refractivity (Wildman–Crippen MR) is 83.7 cm³/mol. The van der Waals surface area contributed by atoms with Gasteiger partial charge in [-0.05, 0) is 24.3 Å². The van der Waals surface area contributed by atoms with Gasteiger partial charge in [0.05, 0.1) is 12.8 Å². The van der Waals surface area contributed by atoms with Gasteiger partial charge in [-0.1, -0.05) is 6.07 Å². The van der Waals surface area contributed by atoms with Gasteiger partial charge in [0.2, 0.25) is 0 Å². The minimum absolute atomic E-state index is 0.00568. The van der Waals surface area contributed by atoms with Crippen molar-refractivity contribution in [3.8, 4) is 5.75 Å². The van der Waals surface area contributed by atoms with E-state index in [4.69, 9.17) is 9.84 Å². The summed E-state index contributed by atoms with van der Waals surface area (Å²) in [6.07, 6.45) is 0.461. The van der Waals surface area contributed by atoms with E-state index in [1.54, 1.807) is 36.4 Å². The van der Waals surface area contributed by atoms with Gasteiger partial charge in [0.1, 0.15) is 9.96 Å². The Kier molecular flexibility index (Phi) is 4.87. The highest BCUT2D eigenvalue weighted by molar-refractivity contribution is 7.94. The van der Waals surface area contributed by atoms with Gasteiger partial charge in [0.25, 0.3) is 10.0 Å². The van der Waals surface area contributed by atoms with E-state index in [-0.39, 0.29) is 10.8 Å². The van der Waals surface area contributed by atoms with Crippen LogP contribution in [0.15, 0.2) is 40.6 Å². The first kappa shape index (κ1) is 15.8. The number of sulfonamides is 1. The van der Waals surface area contributed by atoms with Crippen LogP contribution in [-0.4, -0.2) is 34.3 Å². The van der Waals surface area contributed by atoms with E-state index in [9.17, 15) is 8.42 Å². The summed E-state index contributed by atoms with van der Waals surface area (Å²) in [6.45, 7) is 0.00568. The molecule has 0 amide bonds. The first-order valence-corrected chi connectivity index (χ1v) is 8.57. The number of nitrogens with zero attached hydrogens (tertiary/aromatic N) is 1. The third-order valence-corrected chi connectivity index (χ3v) is 6.42. The lowest BCUT2D eigenvalue weighted by Gasteiger charge is -2.18. The van der Waals surface area contributed by atoms with E-state index < -0.39 is 10.0 Å². The largest absolute Gasteiger partial charge is 0.497 e. The second-order valence-electron chi connectivity index (χ2n) is 4.37. The Labute approximate surface area is 128 Å². The zero-order chi connectivity index (χ0) is 15.5. The van der Waals surface area contributed by atoms with E-state index >= 15 is 0 Å². The maximum Gasteiger partial charge on any atom is 0.273 e. The molecule has 21 heavy (non-hydrogen) atoms. The number of aliphatic hydroxyl groups excluding tert-OH is 1. The number of anilines is 1. The molecule has 1 N–H and O–H groups in total. The van der Waals surface area contributed by atoms with Gasteiger partial charge in [-0.15, -0.1) is 11.3 Å². The van der Waals surface area contributed by atoms with Gasteiger partial charge in [-0.25, -0.2) is 8.42 Å². The minimum Gasteiger partial charge on any atom is -0.497 e. The van der Waals surface area contributed by atoms with Gasteiger partial charge >= 0.3 is 0 Å². The molecule has 0 atom stereocenters. The molecule has 2 aromatic rings. The fraction of sp³-hybridized carbons (Fsp3) is 0.286. The highest BCUT2D eigenvalue weighted by atomic mass is 32.2. The van der Waals surface area contributed by atoms with Crippen LogP contribution in [-0.2, 0) is 16.4 Å². The molecule has 1 heterocycles. The molecule has 0 radical (unpaired) electrons. The normalized spacial score (nSPS) is 11.4. The van der Waals surface area contributed by atoms with Gasteiger partial charge < -0.3 is 9.84 Å². The predicted octanol–water partition coefficient (Wildman–Crippen LogP) is 2.12. The Hall–Kier alpha value is -1.57. The van der Waals surface area contributed by atoms with E-state index in [0.29, 0.717) is 17.9 Å². The van der Waals surface area contributed by atoms with Crippen LogP contribution in [0.4, 0.5) is 5.69 Å². The molecule has 1 aromatic heterocycles. The third kappa shape index (κ3) is 3.37. The highest BCUT2D eigenvalue weighted by Gasteiger charge is 2.23. The fourth-order valence-electron chi connectivity index (χ4n) is 1.82. The quantitative estimate of drug-likeness (QED) is 0.882. The van der Waals surface area contributed by atoms with Crippen LogP contribution in [0.1, 0.15) is 4.88 Å². The molecule has 0 saturated carbocycles. The summed E-state index contributed by atoms with van der Waals surface area (Å²) in [4.78, 5) is 0.843. The fourth-order valence-corrected chi connectivity index (χ4v) is 4.52. The number of ether oxygens (including phenoxy) is 1. The molecular formula is C14H17NO4S2. The second-order valence-corrected chi connectivity index (χ2v) is 7.73. The summed E-state index contributed by atoms with van der Waals surface area (Å²) in [5, 5.41) is 8.91. The number of hydrogen-bond acceptors (Lipinski definition) is 5. The molecule has 0 saturated heterocycles. The summed E-state index contributed by atoms with van der Waals surface area (Å²) in [7, 11) is -0.555. The summed E-state index contributed by atoms with van der Waals surface area (Å²) in [5.74, 6) is 0.599. The second kappa shape index (κ2) is 6.46. The van der Waals surface area contributed by atoms with Crippen molar-refractivity contribution in [3.63, 3.8) is 0 Å². The Morgan fingerprint density at radius 3 is 2.71 bits per heavy atom. The van der Waals surface area contributed by atoms with Crippen molar-refractivity contribution in [2.75, 3.05) is 25.1 Å². The number of benzene rings is 1. The molecule has 7 heteroatoms. The van der Waals surface area contributed by atoms with Gasteiger partial charge in [-0.3, -0.25) is 4.31 Å². The van der Waals surface area contributed by atoms with E-state index in [1.807, 2.05) is 0 Å². The Balaban J connectivity index is 2.32. The molecule has 0 spiro atoms. The maximum atomic E-state index is 12.6. The highest BCUT2D eigenvalue weighted by Crippen LogP contribution is 2.29. The Morgan fingerprint density at radius 1 is 1.29 bits per heavy atom. The van der Waals surface area contributed by atoms with Crippen molar-refractivity contribution in [3.05, 3.63) is 41.3 Å². The minimum atomic E-state index is -3.60. The van der Waals surface area contributed by atoms with E-state index in [2.05, 4.69) is 0 Å². The van der Waals surface area contributed by atoms with Crippen LogP contribution in [0.2, 0.25) is 0 Å². The van der Waals surface area contributed by atoms with E-state index in [0.717, 1.165) is 4.88 Å². The monoisotopic (exact) mass is 327 g/mol. The van der Waals surface area contributed by atoms with Gasteiger partial charge in [-0.2, -0.15) is 0 Å².